The molecule has 2 aromatic carbocycles. The quantitative estimate of drug-likeness (QED) is 0.685. The van der Waals surface area contributed by atoms with E-state index in [-0.39, 0.29) is 6.61 Å². The van der Waals surface area contributed by atoms with Crippen molar-refractivity contribution >= 4 is 0 Å². The van der Waals surface area contributed by atoms with E-state index in [4.69, 9.17) is 4.74 Å². The molecule has 0 N–H and O–H groups in total. The maximum atomic E-state index is 12.2. The molecule has 1 aliphatic rings. The van der Waals surface area contributed by atoms with Gasteiger partial charge < -0.3 is 14.5 Å². The molecule has 0 bridgehead atoms. The van der Waals surface area contributed by atoms with Gasteiger partial charge in [0.15, 0.2) is 0 Å². The molecule has 3 nitrogen and oxygen atoms in total. The molecule has 0 saturated carbocycles. The molecule has 140 valence electrons. The van der Waals surface area contributed by atoms with Crippen molar-refractivity contribution in [3.63, 3.8) is 0 Å². The number of ether oxygens (including phenoxy) is 1. The largest absolute Gasteiger partial charge is 0.491 e. The van der Waals surface area contributed by atoms with Crippen LogP contribution in [0.3, 0.4) is 0 Å². The molecule has 1 fully saturated rings. The van der Waals surface area contributed by atoms with Crippen molar-refractivity contribution in [2.45, 2.75) is 12.8 Å². The molecule has 0 spiro atoms. The van der Waals surface area contributed by atoms with Gasteiger partial charge >= 0.3 is 0 Å². The van der Waals surface area contributed by atoms with Crippen LogP contribution in [-0.2, 0) is 12.8 Å². The van der Waals surface area contributed by atoms with Crippen LogP contribution >= 0.6 is 0 Å². The Hall–Kier alpha value is -1.91. The van der Waals surface area contributed by atoms with E-state index in [1.165, 1.54) is 11.1 Å². The number of hydrogen-bond acceptors (Lipinski definition) is 3. The standard InChI is InChI=1S/C22H29FN2O/c23-11-18-26-22-8-4-7-21(19-22)10-13-25-16-14-24(15-17-25)12-9-20-5-2-1-3-6-20/h1-8,19H,9-18H2. The molecule has 26 heavy (non-hydrogen) atoms. The van der Waals surface area contributed by atoms with Gasteiger partial charge in [-0.25, -0.2) is 4.39 Å². The van der Waals surface area contributed by atoms with Crippen molar-refractivity contribution in [1.29, 1.82) is 0 Å². The second-order valence-electron chi connectivity index (χ2n) is 6.85. The number of rotatable bonds is 9. The van der Waals surface area contributed by atoms with Crippen molar-refractivity contribution in [2.24, 2.45) is 0 Å². The normalized spacial score (nSPS) is 15.9. The minimum absolute atomic E-state index is 0.133. The van der Waals surface area contributed by atoms with Crippen molar-refractivity contribution in [3.05, 3.63) is 65.7 Å². The molecule has 0 atom stereocenters. The van der Waals surface area contributed by atoms with E-state index < -0.39 is 6.67 Å². The fraction of sp³-hybridized carbons (Fsp3) is 0.455. The molecule has 2 aromatic rings. The minimum Gasteiger partial charge on any atom is -0.491 e. The Kier molecular flexibility index (Phi) is 7.47. The predicted octanol–water partition coefficient (Wildman–Crippen LogP) is 3.44. The molecule has 0 radical (unpaired) electrons. The average Bonchev–Trinajstić information content (AvgIpc) is 2.71. The molecule has 0 unspecified atom stereocenters. The van der Waals surface area contributed by atoms with Gasteiger partial charge in [0.1, 0.15) is 19.0 Å². The lowest BCUT2D eigenvalue weighted by molar-refractivity contribution is 0.134. The van der Waals surface area contributed by atoms with Crippen molar-refractivity contribution in [3.8, 4) is 5.75 Å². The third kappa shape index (κ3) is 6.11. The van der Waals surface area contributed by atoms with Crippen molar-refractivity contribution in [1.82, 2.24) is 9.80 Å². The molecular formula is C22H29FN2O. The highest BCUT2D eigenvalue weighted by Crippen LogP contribution is 2.14. The van der Waals surface area contributed by atoms with E-state index in [0.717, 1.165) is 57.9 Å². The van der Waals surface area contributed by atoms with E-state index in [0.29, 0.717) is 0 Å². The van der Waals surface area contributed by atoms with Gasteiger partial charge in [-0.15, -0.1) is 0 Å². The molecule has 0 aromatic heterocycles. The summed E-state index contributed by atoms with van der Waals surface area (Å²) in [5.41, 5.74) is 2.68. The topological polar surface area (TPSA) is 15.7 Å². The third-order valence-corrected chi connectivity index (χ3v) is 4.99. The Bertz CT molecular complexity index is 642. The van der Waals surface area contributed by atoms with Crippen molar-refractivity contribution in [2.75, 3.05) is 52.6 Å². The fourth-order valence-corrected chi connectivity index (χ4v) is 3.40. The molecule has 1 aliphatic heterocycles. The van der Waals surface area contributed by atoms with Crippen LogP contribution in [0.1, 0.15) is 11.1 Å². The molecule has 0 amide bonds. The lowest BCUT2D eigenvalue weighted by Gasteiger charge is -2.34. The molecule has 1 heterocycles. The molecule has 0 aliphatic carbocycles. The minimum atomic E-state index is -0.446. The number of benzene rings is 2. The van der Waals surface area contributed by atoms with Crippen LogP contribution in [0.15, 0.2) is 54.6 Å². The van der Waals surface area contributed by atoms with E-state index in [1.54, 1.807) is 0 Å². The Labute approximate surface area is 156 Å². The third-order valence-electron chi connectivity index (χ3n) is 4.99. The summed E-state index contributed by atoms with van der Waals surface area (Å²) in [5, 5.41) is 0. The predicted molar refractivity (Wildman–Crippen MR) is 105 cm³/mol. The Morgan fingerprint density at radius 3 is 2.04 bits per heavy atom. The maximum Gasteiger partial charge on any atom is 0.123 e. The summed E-state index contributed by atoms with van der Waals surface area (Å²) in [4.78, 5) is 5.10. The highest BCUT2D eigenvalue weighted by Gasteiger charge is 2.16. The van der Waals surface area contributed by atoms with Gasteiger partial charge in [-0.05, 0) is 36.1 Å². The van der Waals surface area contributed by atoms with Gasteiger partial charge in [-0.3, -0.25) is 0 Å². The number of alkyl halides is 1. The van der Waals surface area contributed by atoms with Crippen LogP contribution in [0.4, 0.5) is 4.39 Å². The average molecular weight is 356 g/mol. The van der Waals surface area contributed by atoms with Gasteiger partial charge in [0.05, 0.1) is 0 Å². The van der Waals surface area contributed by atoms with Gasteiger partial charge in [0.2, 0.25) is 0 Å². The van der Waals surface area contributed by atoms with Crippen LogP contribution in [0.2, 0.25) is 0 Å². The lowest BCUT2D eigenvalue weighted by atomic mass is 10.1. The number of hydrogen-bond donors (Lipinski definition) is 0. The van der Waals surface area contributed by atoms with Crippen LogP contribution in [0, 0.1) is 0 Å². The van der Waals surface area contributed by atoms with E-state index in [2.05, 4.69) is 46.2 Å². The Morgan fingerprint density at radius 2 is 1.38 bits per heavy atom. The second-order valence-corrected chi connectivity index (χ2v) is 6.85. The number of piperazine rings is 1. The second kappa shape index (κ2) is 10.3. The first-order valence-corrected chi connectivity index (χ1v) is 9.60. The first-order chi connectivity index (χ1) is 12.8. The zero-order chi connectivity index (χ0) is 18.0. The van der Waals surface area contributed by atoms with E-state index >= 15 is 0 Å². The summed E-state index contributed by atoms with van der Waals surface area (Å²) in [6.45, 7) is 6.46. The summed E-state index contributed by atoms with van der Waals surface area (Å²) < 4.78 is 17.6. The monoisotopic (exact) mass is 356 g/mol. The summed E-state index contributed by atoms with van der Waals surface area (Å²) >= 11 is 0. The van der Waals surface area contributed by atoms with Gasteiger partial charge in [0, 0.05) is 39.3 Å². The van der Waals surface area contributed by atoms with Crippen LogP contribution < -0.4 is 4.74 Å². The lowest BCUT2D eigenvalue weighted by Crippen LogP contribution is -2.47. The first-order valence-electron chi connectivity index (χ1n) is 9.60. The maximum absolute atomic E-state index is 12.2. The first kappa shape index (κ1) is 18.9. The molecule has 4 heteroatoms. The zero-order valence-corrected chi connectivity index (χ0v) is 15.4. The smallest absolute Gasteiger partial charge is 0.123 e. The highest BCUT2D eigenvalue weighted by atomic mass is 19.1. The SMILES string of the molecule is FCCOc1cccc(CCN2CCN(CCc3ccccc3)CC2)c1. The van der Waals surface area contributed by atoms with E-state index in [1.807, 2.05) is 18.2 Å². The Balaban J connectivity index is 1.36. The number of halogens is 1. The molecular weight excluding hydrogens is 327 g/mol. The van der Waals surface area contributed by atoms with E-state index in [9.17, 15) is 4.39 Å². The molecule has 3 rings (SSSR count). The summed E-state index contributed by atoms with van der Waals surface area (Å²) in [6, 6.07) is 18.8. The van der Waals surface area contributed by atoms with Gasteiger partial charge in [-0.1, -0.05) is 42.5 Å². The molecule has 1 saturated heterocycles. The van der Waals surface area contributed by atoms with Crippen LogP contribution in [-0.4, -0.2) is 62.3 Å². The Morgan fingerprint density at radius 1 is 0.769 bits per heavy atom. The summed E-state index contributed by atoms with van der Waals surface area (Å²) in [5.74, 6) is 0.769. The van der Waals surface area contributed by atoms with Gasteiger partial charge in [-0.2, -0.15) is 0 Å². The number of nitrogens with zero attached hydrogens (tertiary/aromatic N) is 2. The zero-order valence-electron chi connectivity index (χ0n) is 15.4. The van der Waals surface area contributed by atoms with Crippen LogP contribution in [0.25, 0.3) is 0 Å². The summed E-state index contributed by atoms with van der Waals surface area (Å²) in [6.07, 6.45) is 2.14. The summed E-state index contributed by atoms with van der Waals surface area (Å²) in [7, 11) is 0. The van der Waals surface area contributed by atoms with Gasteiger partial charge in [0.25, 0.3) is 0 Å². The highest BCUT2D eigenvalue weighted by molar-refractivity contribution is 5.28. The van der Waals surface area contributed by atoms with Crippen LogP contribution in [0.5, 0.6) is 5.75 Å². The van der Waals surface area contributed by atoms with Crippen molar-refractivity contribution < 1.29 is 9.13 Å². The fourth-order valence-electron chi connectivity index (χ4n) is 3.40.